The van der Waals surface area contributed by atoms with Crippen LogP contribution >= 0.6 is 11.3 Å². The summed E-state index contributed by atoms with van der Waals surface area (Å²) in [5.74, 6) is 0.0556. The van der Waals surface area contributed by atoms with Crippen molar-refractivity contribution in [2.24, 2.45) is 4.99 Å². The van der Waals surface area contributed by atoms with E-state index in [4.69, 9.17) is 4.55 Å². The van der Waals surface area contributed by atoms with Crippen LogP contribution in [0, 0.1) is 6.92 Å². The van der Waals surface area contributed by atoms with Crippen LogP contribution in [-0.2, 0) is 11.3 Å². The SMILES string of the molecule is Cc1cc2c(s1)N=C1N(c3ccc(N(C)S(=O)O)cc3)CCC1(O)C2=O. The number of aliphatic hydroxyl groups is 1. The van der Waals surface area contributed by atoms with Crippen LogP contribution in [0.1, 0.15) is 21.7 Å². The molecule has 136 valence electrons. The highest BCUT2D eigenvalue weighted by Gasteiger charge is 2.52. The topological polar surface area (TPSA) is 93.4 Å². The number of benzene rings is 1. The molecule has 2 aliphatic heterocycles. The number of Topliss-reactive ketones (excluding diaryl/α,β-unsaturated/α-hetero) is 1. The van der Waals surface area contributed by atoms with Gasteiger partial charge < -0.3 is 10.0 Å². The van der Waals surface area contributed by atoms with Crippen molar-refractivity contribution < 1.29 is 18.7 Å². The number of ketones is 1. The van der Waals surface area contributed by atoms with E-state index < -0.39 is 16.9 Å². The number of hydrogen-bond donors (Lipinski definition) is 2. The molecule has 3 heterocycles. The molecule has 2 aromatic rings. The lowest BCUT2D eigenvalue weighted by Gasteiger charge is -2.28. The first-order chi connectivity index (χ1) is 12.3. The number of aliphatic imine (C=N–C) groups is 1. The average Bonchev–Trinajstić information content (AvgIpc) is 3.15. The van der Waals surface area contributed by atoms with Gasteiger partial charge in [-0.1, -0.05) is 0 Å². The molecule has 1 aromatic carbocycles. The molecule has 1 fully saturated rings. The normalized spacial score (nSPS) is 22.7. The third-order valence-corrected chi connectivity index (χ3v) is 6.37. The minimum absolute atomic E-state index is 0.279. The smallest absolute Gasteiger partial charge is 0.261 e. The van der Waals surface area contributed by atoms with Crippen molar-refractivity contribution in [3.63, 3.8) is 0 Å². The number of carbonyl (C=O) groups excluding carboxylic acids is 1. The highest BCUT2D eigenvalue weighted by Crippen LogP contribution is 2.43. The fourth-order valence-electron chi connectivity index (χ4n) is 3.33. The van der Waals surface area contributed by atoms with Crippen LogP contribution < -0.4 is 9.21 Å². The minimum atomic E-state index is -2.10. The summed E-state index contributed by atoms with van der Waals surface area (Å²) in [6, 6.07) is 8.78. The number of nitrogens with zero attached hydrogens (tertiary/aromatic N) is 3. The van der Waals surface area contributed by atoms with Crippen molar-refractivity contribution in [1.29, 1.82) is 0 Å². The molecular formula is C17H17N3O4S2. The van der Waals surface area contributed by atoms with E-state index in [0.717, 1.165) is 10.6 Å². The molecule has 1 aromatic heterocycles. The predicted molar refractivity (Wildman–Crippen MR) is 103 cm³/mol. The van der Waals surface area contributed by atoms with Crippen molar-refractivity contribution in [3.8, 4) is 0 Å². The van der Waals surface area contributed by atoms with Crippen LogP contribution in [0.2, 0.25) is 0 Å². The van der Waals surface area contributed by atoms with E-state index in [2.05, 4.69) is 4.99 Å². The summed E-state index contributed by atoms with van der Waals surface area (Å²) in [5, 5.41) is 11.6. The van der Waals surface area contributed by atoms with Crippen molar-refractivity contribution >= 4 is 50.6 Å². The maximum atomic E-state index is 12.8. The Kier molecular flexibility index (Phi) is 3.99. The Labute approximate surface area is 157 Å². The predicted octanol–water partition coefficient (Wildman–Crippen LogP) is 2.50. The van der Waals surface area contributed by atoms with Gasteiger partial charge in [-0.3, -0.25) is 13.7 Å². The van der Waals surface area contributed by atoms with Gasteiger partial charge in [-0.15, -0.1) is 11.3 Å². The van der Waals surface area contributed by atoms with E-state index in [0.29, 0.717) is 28.6 Å². The Morgan fingerprint density at radius 2 is 2.04 bits per heavy atom. The van der Waals surface area contributed by atoms with E-state index >= 15 is 0 Å². The number of thiophene rings is 1. The molecule has 0 radical (unpaired) electrons. The fraction of sp³-hybridized carbons (Fsp3) is 0.294. The Morgan fingerprint density at radius 1 is 1.35 bits per heavy atom. The van der Waals surface area contributed by atoms with Gasteiger partial charge in [0.2, 0.25) is 5.78 Å². The molecule has 0 aliphatic carbocycles. The molecule has 4 rings (SSSR count). The molecule has 0 spiro atoms. The molecular weight excluding hydrogens is 374 g/mol. The van der Waals surface area contributed by atoms with E-state index in [9.17, 15) is 14.1 Å². The van der Waals surface area contributed by atoms with Gasteiger partial charge in [0.1, 0.15) is 5.00 Å². The summed E-state index contributed by atoms with van der Waals surface area (Å²) in [6.45, 7) is 2.38. The second-order valence-electron chi connectivity index (χ2n) is 6.35. The zero-order valence-electron chi connectivity index (χ0n) is 14.2. The van der Waals surface area contributed by atoms with Gasteiger partial charge in [-0.25, -0.2) is 9.20 Å². The van der Waals surface area contributed by atoms with Gasteiger partial charge >= 0.3 is 0 Å². The highest BCUT2D eigenvalue weighted by molar-refractivity contribution is 7.80. The van der Waals surface area contributed by atoms with Crippen molar-refractivity contribution in [3.05, 3.63) is 40.8 Å². The van der Waals surface area contributed by atoms with Gasteiger partial charge in [-0.2, -0.15) is 0 Å². The molecule has 0 amide bonds. The van der Waals surface area contributed by atoms with Gasteiger partial charge in [0, 0.05) is 30.6 Å². The van der Waals surface area contributed by atoms with Crippen LogP contribution in [0.3, 0.4) is 0 Å². The molecule has 2 aliphatic rings. The minimum Gasteiger partial charge on any atom is -0.374 e. The van der Waals surface area contributed by atoms with Crippen molar-refractivity contribution in [2.75, 3.05) is 22.8 Å². The summed E-state index contributed by atoms with van der Waals surface area (Å²) in [7, 11) is 1.52. The van der Waals surface area contributed by atoms with Crippen LogP contribution in [0.25, 0.3) is 0 Å². The molecule has 26 heavy (non-hydrogen) atoms. The average molecular weight is 391 g/mol. The summed E-state index contributed by atoms with van der Waals surface area (Å²) in [4.78, 5) is 20.2. The van der Waals surface area contributed by atoms with E-state index in [-0.39, 0.29) is 12.2 Å². The lowest BCUT2D eigenvalue weighted by molar-refractivity contribution is 0.0603. The van der Waals surface area contributed by atoms with E-state index in [1.165, 1.54) is 22.7 Å². The Hall–Kier alpha value is -2.07. The summed E-state index contributed by atoms with van der Waals surface area (Å²) in [5.41, 5.74) is 0.248. The maximum Gasteiger partial charge on any atom is 0.261 e. The molecule has 2 atom stereocenters. The number of carbonyl (C=O) groups is 1. The second-order valence-corrected chi connectivity index (χ2v) is 8.59. The zero-order chi connectivity index (χ0) is 18.6. The summed E-state index contributed by atoms with van der Waals surface area (Å²) in [6.07, 6.45) is 0.279. The molecule has 7 nitrogen and oxygen atoms in total. The first-order valence-corrected chi connectivity index (χ1v) is 9.88. The Bertz CT molecular complexity index is 953. The van der Waals surface area contributed by atoms with Gasteiger partial charge in [0.25, 0.3) is 11.3 Å². The first kappa shape index (κ1) is 17.3. The zero-order valence-corrected chi connectivity index (χ0v) is 15.8. The molecule has 0 bridgehead atoms. The largest absolute Gasteiger partial charge is 0.374 e. The number of anilines is 2. The maximum absolute atomic E-state index is 12.8. The van der Waals surface area contributed by atoms with Crippen molar-refractivity contribution in [1.82, 2.24) is 0 Å². The van der Waals surface area contributed by atoms with Crippen molar-refractivity contribution in [2.45, 2.75) is 18.9 Å². The van der Waals surface area contributed by atoms with Gasteiger partial charge in [0.15, 0.2) is 11.4 Å². The van der Waals surface area contributed by atoms with Gasteiger partial charge in [0.05, 0.1) is 11.3 Å². The van der Waals surface area contributed by atoms with Crippen LogP contribution in [0.15, 0.2) is 35.3 Å². The van der Waals surface area contributed by atoms with Crippen LogP contribution in [0.5, 0.6) is 0 Å². The number of amidine groups is 1. The number of fused-ring (bicyclic) bond motifs is 2. The van der Waals surface area contributed by atoms with Crippen LogP contribution in [-0.4, -0.2) is 44.7 Å². The van der Waals surface area contributed by atoms with Gasteiger partial charge in [-0.05, 0) is 37.3 Å². The summed E-state index contributed by atoms with van der Waals surface area (Å²) < 4.78 is 21.6. The Morgan fingerprint density at radius 3 is 2.69 bits per heavy atom. The third kappa shape index (κ3) is 2.50. The third-order valence-electron chi connectivity index (χ3n) is 4.75. The monoisotopic (exact) mass is 391 g/mol. The molecule has 2 N–H and O–H groups in total. The number of rotatable bonds is 3. The van der Waals surface area contributed by atoms with Crippen LogP contribution in [0.4, 0.5) is 16.4 Å². The lowest BCUT2D eigenvalue weighted by Crippen LogP contribution is -2.48. The number of aryl methyl sites for hydroxylation is 1. The molecule has 0 saturated carbocycles. The Balaban J connectivity index is 1.72. The highest BCUT2D eigenvalue weighted by atomic mass is 32.2. The molecule has 9 heteroatoms. The second kappa shape index (κ2) is 5.98. The lowest BCUT2D eigenvalue weighted by atomic mass is 9.90. The van der Waals surface area contributed by atoms with E-state index in [1.807, 2.05) is 11.8 Å². The molecule has 1 saturated heterocycles. The quantitative estimate of drug-likeness (QED) is 0.784. The first-order valence-electron chi connectivity index (χ1n) is 8.00. The number of hydrogen-bond acceptors (Lipinski definition) is 6. The molecule has 2 unspecified atom stereocenters. The van der Waals surface area contributed by atoms with E-state index in [1.54, 1.807) is 30.3 Å². The standard InChI is InChI=1S/C17H17N3O4S2/c1-10-9-13-14(21)17(22)7-8-20(16(17)18-15(13)25-10)12-5-3-11(4-6-12)19(2)26(23)24/h3-6,9,22H,7-8H2,1-2H3,(H,23,24). The summed E-state index contributed by atoms with van der Waals surface area (Å²) >= 11 is -0.664. The fourth-order valence-corrected chi connectivity index (χ4v) is 4.51.